The van der Waals surface area contributed by atoms with Crippen LogP contribution in [0.2, 0.25) is 0 Å². The molecule has 1 amide bonds. The van der Waals surface area contributed by atoms with Crippen LogP contribution in [0.3, 0.4) is 0 Å². The minimum absolute atomic E-state index is 0.00435. The number of nitrogens with one attached hydrogen (secondary N) is 1. The van der Waals surface area contributed by atoms with E-state index in [4.69, 9.17) is 14.0 Å². The summed E-state index contributed by atoms with van der Waals surface area (Å²) >= 11 is 0. The van der Waals surface area contributed by atoms with Gasteiger partial charge in [0.2, 0.25) is 0 Å². The van der Waals surface area contributed by atoms with Gasteiger partial charge in [-0.1, -0.05) is 35.5 Å². The van der Waals surface area contributed by atoms with Crippen LogP contribution in [0.1, 0.15) is 35.0 Å². The highest BCUT2D eigenvalue weighted by atomic mass is 16.5. The van der Waals surface area contributed by atoms with Gasteiger partial charge in [0.1, 0.15) is 17.1 Å². The first-order chi connectivity index (χ1) is 14.0. The standard InChI is InChI=1S/C23H26N2O4/c1-15(10-11-17-8-6-5-7-9-17)24-23(26)21-16(2)25-29-22(21)18-12-19(27-3)14-20(13-18)28-4/h5-9,12-15H,10-11H2,1-4H3,(H,24,26). The maximum Gasteiger partial charge on any atom is 0.257 e. The summed E-state index contributed by atoms with van der Waals surface area (Å²) in [5, 5.41) is 7.07. The predicted octanol–water partition coefficient (Wildman–Crippen LogP) is 4.42. The average Bonchev–Trinajstić information content (AvgIpc) is 3.14. The molecular weight excluding hydrogens is 368 g/mol. The Morgan fingerprint density at radius 3 is 2.38 bits per heavy atom. The number of ether oxygens (including phenoxy) is 2. The van der Waals surface area contributed by atoms with Gasteiger partial charge in [0.05, 0.1) is 19.9 Å². The second kappa shape index (κ2) is 9.28. The van der Waals surface area contributed by atoms with Crippen molar-refractivity contribution in [3.63, 3.8) is 0 Å². The van der Waals surface area contributed by atoms with Crippen molar-refractivity contribution < 1.29 is 18.8 Å². The fraction of sp³-hybridized carbons (Fsp3) is 0.304. The molecule has 0 fully saturated rings. The van der Waals surface area contributed by atoms with Crippen molar-refractivity contribution in [2.45, 2.75) is 32.7 Å². The molecule has 6 heteroatoms. The Kier molecular flexibility index (Phi) is 6.54. The largest absolute Gasteiger partial charge is 0.497 e. The molecule has 0 aliphatic carbocycles. The molecular formula is C23H26N2O4. The number of carbonyl (C=O) groups is 1. The molecule has 152 valence electrons. The van der Waals surface area contributed by atoms with Gasteiger partial charge in [0.25, 0.3) is 5.91 Å². The molecule has 0 radical (unpaired) electrons. The first-order valence-corrected chi connectivity index (χ1v) is 9.56. The van der Waals surface area contributed by atoms with Gasteiger partial charge < -0.3 is 19.3 Å². The number of benzene rings is 2. The quantitative estimate of drug-likeness (QED) is 0.612. The molecule has 0 saturated heterocycles. The monoisotopic (exact) mass is 394 g/mol. The molecule has 3 rings (SSSR count). The molecule has 1 atom stereocenters. The first-order valence-electron chi connectivity index (χ1n) is 9.56. The van der Waals surface area contributed by atoms with Crippen LogP contribution in [0.5, 0.6) is 11.5 Å². The second-order valence-corrected chi connectivity index (χ2v) is 6.97. The van der Waals surface area contributed by atoms with E-state index in [-0.39, 0.29) is 11.9 Å². The second-order valence-electron chi connectivity index (χ2n) is 6.97. The highest BCUT2D eigenvalue weighted by Crippen LogP contribution is 2.33. The summed E-state index contributed by atoms with van der Waals surface area (Å²) in [4.78, 5) is 13.0. The van der Waals surface area contributed by atoms with Crippen molar-refractivity contribution in [1.82, 2.24) is 10.5 Å². The molecule has 3 aromatic rings. The van der Waals surface area contributed by atoms with E-state index < -0.39 is 0 Å². The van der Waals surface area contributed by atoms with Gasteiger partial charge in [-0.3, -0.25) is 4.79 Å². The summed E-state index contributed by atoms with van der Waals surface area (Å²) in [6, 6.07) is 15.6. The normalized spacial score (nSPS) is 11.7. The van der Waals surface area contributed by atoms with Gasteiger partial charge in [-0.15, -0.1) is 0 Å². The third kappa shape index (κ3) is 4.96. The van der Waals surface area contributed by atoms with Crippen LogP contribution >= 0.6 is 0 Å². The highest BCUT2D eigenvalue weighted by Gasteiger charge is 2.23. The Labute approximate surface area is 170 Å². The number of methoxy groups -OCH3 is 2. The molecule has 0 aliphatic heterocycles. The fourth-order valence-electron chi connectivity index (χ4n) is 3.17. The van der Waals surface area contributed by atoms with E-state index in [2.05, 4.69) is 22.6 Å². The molecule has 0 spiro atoms. The Morgan fingerprint density at radius 1 is 1.10 bits per heavy atom. The zero-order valence-corrected chi connectivity index (χ0v) is 17.2. The van der Waals surface area contributed by atoms with Crippen LogP contribution in [0, 0.1) is 6.92 Å². The van der Waals surface area contributed by atoms with Gasteiger partial charge in [0, 0.05) is 17.7 Å². The average molecular weight is 394 g/mol. The van der Waals surface area contributed by atoms with E-state index in [9.17, 15) is 4.79 Å². The third-order valence-electron chi connectivity index (χ3n) is 4.79. The van der Waals surface area contributed by atoms with Crippen LogP contribution in [-0.4, -0.2) is 31.3 Å². The lowest BCUT2D eigenvalue weighted by atomic mass is 10.0. The van der Waals surface area contributed by atoms with Crippen molar-refractivity contribution in [2.75, 3.05) is 14.2 Å². The van der Waals surface area contributed by atoms with E-state index >= 15 is 0 Å². The van der Waals surface area contributed by atoms with Crippen molar-refractivity contribution in [1.29, 1.82) is 0 Å². The Morgan fingerprint density at radius 2 is 1.76 bits per heavy atom. The SMILES string of the molecule is COc1cc(OC)cc(-c2onc(C)c2C(=O)NC(C)CCc2ccccc2)c1. The van der Waals surface area contributed by atoms with Crippen molar-refractivity contribution in [3.8, 4) is 22.8 Å². The van der Waals surface area contributed by atoms with Crippen LogP contribution in [0.25, 0.3) is 11.3 Å². The molecule has 1 N–H and O–H groups in total. The molecule has 0 saturated carbocycles. The van der Waals surface area contributed by atoms with E-state index in [0.717, 1.165) is 12.8 Å². The van der Waals surface area contributed by atoms with Crippen LogP contribution < -0.4 is 14.8 Å². The smallest absolute Gasteiger partial charge is 0.257 e. The van der Waals surface area contributed by atoms with Crippen molar-refractivity contribution >= 4 is 5.91 Å². The zero-order chi connectivity index (χ0) is 20.8. The maximum atomic E-state index is 13.0. The van der Waals surface area contributed by atoms with Crippen LogP contribution in [0.15, 0.2) is 53.1 Å². The maximum absolute atomic E-state index is 13.0. The lowest BCUT2D eigenvalue weighted by molar-refractivity contribution is 0.0938. The molecule has 1 heterocycles. The predicted molar refractivity (Wildman–Crippen MR) is 111 cm³/mol. The molecule has 0 aliphatic rings. The number of nitrogens with zero attached hydrogens (tertiary/aromatic N) is 1. The number of amides is 1. The lowest BCUT2D eigenvalue weighted by Crippen LogP contribution is -2.33. The van der Waals surface area contributed by atoms with E-state index in [1.54, 1.807) is 39.3 Å². The molecule has 6 nitrogen and oxygen atoms in total. The van der Waals surface area contributed by atoms with Gasteiger partial charge in [0.15, 0.2) is 5.76 Å². The van der Waals surface area contributed by atoms with Gasteiger partial charge in [-0.2, -0.15) is 0 Å². The van der Waals surface area contributed by atoms with Crippen molar-refractivity contribution in [2.24, 2.45) is 0 Å². The summed E-state index contributed by atoms with van der Waals surface area (Å²) in [6.07, 6.45) is 1.73. The molecule has 1 unspecified atom stereocenters. The Hall–Kier alpha value is -3.28. The van der Waals surface area contributed by atoms with E-state index in [1.807, 2.05) is 25.1 Å². The summed E-state index contributed by atoms with van der Waals surface area (Å²) in [7, 11) is 3.15. The number of aryl methyl sites for hydroxylation is 2. The summed E-state index contributed by atoms with van der Waals surface area (Å²) in [5.74, 6) is 1.40. The molecule has 29 heavy (non-hydrogen) atoms. The minimum atomic E-state index is -0.207. The summed E-state index contributed by atoms with van der Waals surface area (Å²) in [5.41, 5.74) is 2.88. The van der Waals surface area contributed by atoms with Gasteiger partial charge in [-0.05, 0) is 44.4 Å². The van der Waals surface area contributed by atoms with Crippen LogP contribution in [-0.2, 0) is 6.42 Å². The highest BCUT2D eigenvalue weighted by molar-refractivity contribution is 6.00. The lowest BCUT2D eigenvalue weighted by Gasteiger charge is -2.14. The number of carbonyl (C=O) groups excluding carboxylic acids is 1. The van der Waals surface area contributed by atoms with E-state index in [1.165, 1.54) is 5.56 Å². The third-order valence-corrected chi connectivity index (χ3v) is 4.79. The van der Waals surface area contributed by atoms with Gasteiger partial charge in [-0.25, -0.2) is 0 Å². The molecule has 2 aromatic carbocycles. The topological polar surface area (TPSA) is 73.6 Å². The number of rotatable bonds is 8. The summed E-state index contributed by atoms with van der Waals surface area (Å²) in [6.45, 7) is 3.76. The van der Waals surface area contributed by atoms with Crippen LogP contribution in [0.4, 0.5) is 0 Å². The Bertz CT molecular complexity index is 944. The van der Waals surface area contributed by atoms with E-state index in [0.29, 0.717) is 34.1 Å². The number of hydrogen-bond donors (Lipinski definition) is 1. The number of aromatic nitrogens is 1. The first kappa shape index (κ1) is 20.5. The number of hydrogen-bond acceptors (Lipinski definition) is 5. The fourth-order valence-corrected chi connectivity index (χ4v) is 3.17. The minimum Gasteiger partial charge on any atom is -0.497 e. The Balaban J connectivity index is 1.77. The van der Waals surface area contributed by atoms with Gasteiger partial charge >= 0.3 is 0 Å². The zero-order valence-electron chi connectivity index (χ0n) is 17.2. The molecule has 1 aromatic heterocycles. The summed E-state index contributed by atoms with van der Waals surface area (Å²) < 4.78 is 16.1. The van der Waals surface area contributed by atoms with Crippen molar-refractivity contribution in [3.05, 3.63) is 65.4 Å². The molecule has 0 bridgehead atoms.